The number of nitrogens with zero attached hydrogens (tertiary/aromatic N) is 6. The number of rotatable bonds is 4. The van der Waals surface area contributed by atoms with Gasteiger partial charge in [0, 0.05) is 63.1 Å². The van der Waals surface area contributed by atoms with Crippen LogP contribution in [-0.2, 0) is 29.0 Å². The highest BCUT2D eigenvalue weighted by atomic mass is 16.5. The average Bonchev–Trinajstić information content (AvgIpc) is 3.51. The zero-order valence-corrected chi connectivity index (χ0v) is 21.0. The summed E-state index contributed by atoms with van der Waals surface area (Å²) in [6.07, 6.45) is 10.9. The minimum atomic E-state index is 0.145. The maximum Gasteiger partial charge on any atom is 0.219 e. The second-order valence-electron chi connectivity index (χ2n) is 10.8. The first kappa shape index (κ1) is 22.1. The molecular weight excluding hydrogens is 452 g/mol. The summed E-state index contributed by atoms with van der Waals surface area (Å²) in [6.45, 7) is 6.55. The van der Waals surface area contributed by atoms with Crippen molar-refractivity contribution >= 4 is 17.4 Å². The number of aromatic nitrogens is 4. The molecular formula is C28H34N6O2. The van der Waals surface area contributed by atoms with E-state index in [1.165, 1.54) is 46.7 Å². The third-order valence-corrected chi connectivity index (χ3v) is 8.36. The summed E-state index contributed by atoms with van der Waals surface area (Å²) < 4.78 is 10.1. The van der Waals surface area contributed by atoms with Gasteiger partial charge in [-0.1, -0.05) is 6.07 Å². The van der Waals surface area contributed by atoms with Gasteiger partial charge in [-0.05, 0) is 61.8 Å². The molecule has 4 aliphatic rings. The summed E-state index contributed by atoms with van der Waals surface area (Å²) in [5.74, 6) is 3.02. The molecule has 1 saturated heterocycles. The van der Waals surface area contributed by atoms with Gasteiger partial charge in [-0.2, -0.15) is 5.10 Å². The van der Waals surface area contributed by atoms with Gasteiger partial charge in [0.1, 0.15) is 5.82 Å². The molecule has 8 heteroatoms. The van der Waals surface area contributed by atoms with Crippen LogP contribution in [0.2, 0.25) is 0 Å². The van der Waals surface area contributed by atoms with Crippen molar-refractivity contribution in [2.45, 2.75) is 70.5 Å². The fraction of sp³-hybridized carbons (Fsp3) is 0.536. The molecule has 36 heavy (non-hydrogen) atoms. The highest BCUT2D eigenvalue weighted by molar-refractivity contribution is 5.75. The molecule has 7 rings (SSSR count). The third-order valence-electron chi connectivity index (χ3n) is 8.36. The number of hydrogen-bond acceptors (Lipinski definition) is 5. The van der Waals surface area contributed by atoms with Crippen molar-refractivity contribution in [1.82, 2.24) is 24.2 Å². The third kappa shape index (κ3) is 3.82. The number of anilines is 2. The van der Waals surface area contributed by atoms with Crippen LogP contribution in [0.3, 0.4) is 0 Å². The average molecular weight is 487 g/mol. The van der Waals surface area contributed by atoms with E-state index < -0.39 is 0 Å². The van der Waals surface area contributed by atoms with E-state index in [-0.39, 0.29) is 5.91 Å². The van der Waals surface area contributed by atoms with Crippen molar-refractivity contribution in [2.75, 3.05) is 31.2 Å². The van der Waals surface area contributed by atoms with Crippen molar-refractivity contribution < 1.29 is 9.53 Å². The van der Waals surface area contributed by atoms with Gasteiger partial charge in [0.15, 0.2) is 5.82 Å². The molecule has 0 N–H and O–H groups in total. The predicted molar refractivity (Wildman–Crippen MR) is 137 cm³/mol. The smallest absolute Gasteiger partial charge is 0.219 e. The van der Waals surface area contributed by atoms with E-state index in [1.54, 1.807) is 6.92 Å². The predicted octanol–water partition coefficient (Wildman–Crippen LogP) is 4.42. The van der Waals surface area contributed by atoms with Gasteiger partial charge in [0.05, 0.1) is 24.5 Å². The number of carbonyl (C=O) groups excluding carboxylic acids is 1. The fourth-order valence-electron chi connectivity index (χ4n) is 6.15. The fourth-order valence-corrected chi connectivity index (χ4v) is 6.15. The largest absolute Gasteiger partial charge is 0.381 e. The molecule has 1 aliphatic carbocycles. The van der Waals surface area contributed by atoms with Crippen molar-refractivity contribution in [3.63, 3.8) is 0 Å². The SMILES string of the molecule is CC(=O)N1CCn2c(C3CC3)nc(N3CCCc4cc(-c5cnn(C6CCOCC6)c5)ccc43)c2C1. The molecule has 2 aromatic heterocycles. The Kier molecular flexibility index (Phi) is 5.38. The lowest BCUT2D eigenvalue weighted by atomic mass is 9.97. The number of aryl methyl sites for hydroxylation is 1. The van der Waals surface area contributed by atoms with Gasteiger partial charge in [-0.15, -0.1) is 0 Å². The van der Waals surface area contributed by atoms with Gasteiger partial charge in [0.2, 0.25) is 5.91 Å². The Hall–Kier alpha value is -3.13. The Morgan fingerprint density at radius 1 is 1.06 bits per heavy atom. The molecule has 8 nitrogen and oxygen atoms in total. The first-order chi connectivity index (χ1) is 17.7. The van der Waals surface area contributed by atoms with E-state index in [4.69, 9.17) is 14.8 Å². The lowest BCUT2D eigenvalue weighted by molar-refractivity contribution is -0.130. The number of benzene rings is 1. The number of imidazole rings is 1. The highest BCUT2D eigenvalue weighted by Crippen LogP contribution is 2.44. The zero-order valence-electron chi connectivity index (χ0n) is 21.0. The Morgan fingerprint density at radius 3 is 2.72 bits per heavy atom. The van der Waals surface area contributed by atoms with Crippen molar-refractivity contribution in [1.29, 1.82) is 0 Å². The van der Waals surface area contributed by atoms with Crippen LogP contribution in [0.5, 0.6) is 0 Å². The normalized spacial score (nSPS) is 20.4. The molecule has 3 aromatic rings. The topological polar surface area (TPSA) is 68.4 Å². The number of amides is 1. The Morgan fingerprint density at radius 2 is 1.92 bits per heavy atom. The molecule has 0 spiro atoms. The van der Waals surface area contributed by atoms with Crippen LogP contribution < -0.4 is 4.90 Å². The summed E-state index contributed by atoms with van der Waals surface area (Å²) in [5, 5.41) is 4.69. The Bertz CT molecular complexity index is 1300. The minimum Gasteiger partial charge on any atom is -0.381 e. The van der Waals surface area contributed by atoms with E-state index in [0.717, 1.165) is 64.3 Å². The van der Waals surface area contributed by atoms with Crippen LogP contribution in [-0.4, -0.2) is 56.4 Å². The number of hydrogen-bond donors (Lipinski definition) is 0. The van der Waals surface area contributed by atoms with E-state index in [2.05, 4.69) is 38.5 Å². The first-order valence-electron chi connectivity index (χ1n) is 13.5. The minimum absolute atomic E-state index is 0.145. The van der Waals surface area contributed by atoms with Gasteiger partial charge in [-0.25, -0.2) is 4.98 Å². The van der Waals surface area contributed by atoms with E-state index in [0.29, 0.717) is 18.5 Å². The van der Waals surface area contributed by atoms with E-state index in [9.17, 15) is 4.79 Å². The summed E-state index contributed by atoms with van der Waals surface area (Å²) in [7, 11) is 0. The molecule has 0 radical (unpaired) electrons. The summed E-state index contributed by atoms with van der Waals surface area (Å²) in [4.78, 5) is 21.8. The van der Waals surface area contributed by atoms with Gasteiger partial charge < -0.3 is 19.1 Å². The van der Waals surface area contributed by atoms with Crippen molar-refractivity contribution in [2.24, 2.45) is 0 Å². The molecule has 5 heterocycles. The molecule has 2 fully saturated rings. The maximum atomic E-state index is 12.2. The van der Waals surface area contributed by atoms with Crippen LogP contribution in [0.25, 0.3) is 11.1 Å². The first-order valence-corrected chi connectivity index (χ1v) is 13.5. The van der Waals surface area contributed by atoms with Crippen LogP contribution in [0.1, 0.15) is 68.1 Å². The number of fused-ring (bicyclic) bond motifs is 2. The second kappa shape index (κ2) is 8.76. The monoisotopic (exact) mass is 486 g/mol. The van der Waals surface area contributed by atoms with Gasteiger partial charge in [0.25, 0.3) is 0 Å². The second-order valence-corrected chi connectivity index (χ2v) is 10.8. The lowest BCUT2D eigenvalue weighted by Gasteiger charge is -2.33. The van der Waals surface area contributed by atoms with Gasteiger partial charge in [-0.3, -0.25) is 9.48 Å². The Labute approximate surface area is 211 Å². The molecule has 0 unspecified atom stereocenters. The van der Waals surface area contributed by atoms with E-state index >= 15 is 0 Å². The van der Waals surface area contributed by atoms with Crippen molar-refractivity contribution in [3.8, 4) is 11.1 Å². The zero-order chi connectivity index (χ0) is 24.2. The maximum absolute atomic E-state index is 12.2. The molecule has 1 aromatic carbocycles. The molecule has 1 saturated carbocycles. The van der Waals surface area contributed by atoms with Crippen LogP contribution >= 0.6 is 0 Å². The quantitative estimate of drug-likeness (QED) is 0.546. The summed E-state index contributed by atoms with van der Waals surface area (Å²) >= 11 is 0. The molecule has 1 amide bonds. The highest BCUT2D eigenvalue weighted by Gasteiger charge is 2.36. The molecule has 3 aliphatic heterocycles. The number of ether oxygens (including phenoxy) is 1. The molecule has 188 valence electrons. The van der Waals surface area contributed by atoms with E-state index in [1.807, 2.05) is 11.1 Å². The Balaban J connectivity index is 1.21. The molecule has 0 atom stereocenters. The van der Waals surface area contributed by atoms with Crippen LogP contribution in [0.15, 0.2) is 30.6 Å². The van der Waals surface area contributed by atoms with Crippen molar-refractivity contribution in [3.05, 3.63) is 47.7 Å². The standard InChI is InChI=1S/C28H34N6O2/c1-19(35)31-11-12-33-26(18-31)28(30-27(33)20-4-5-20)32-10-2-3-22-15-21(6-7-25(22)32)23-16-29-34(17-23)24-8-13-36-14-9-24/h6-7,15-17,20,24H,2-5,8-14,18H2,1H3. The summed E-state index contributed by atoms with van der Waals surface area (Å²) in [5.41, 5.74) is 6.22. The lowest BCUT2D eigenvalue weighted by Crippen LogP contribution is -2.38. The number of carbonyl (C=O) groups is 1. The van der Waals surface area contributed by atoms with Crippen LogP contribution in [0, 0.1) is 0 Å². The van der Waals surface area contributed by atoms with Crippen LogP contribution in [0.4, 0.5) is 11.5 Å². The molecule has 0 bridgehead atoms. The van der Waals surface area contributed by atoms with Gasteiger partial charge >= 0.3 is 0 Å². The summed E-state index contributed by atoms with van der Waals surface area (Å²) in [6, 6.07) is 7.28.